The van der Waals surface area contributed by atoms with Crippen molar-refractivity contribution in [3.63, 3.8) is 0 Å². The van der Waals surface area contributed by atoms with Gasteiger partial charge < -0.3 is 4.74 Å². The summed E-state index contributed by atoms with van der Waals surface area (Å²) < 4.78 is 5.18. The highest BCUT2D eigenvalue weighted by Crippen LogP contribution is 2.64. The van der Waals surface area contributed by atoms with E-state index >= 15 is 0 Å². The SMILES string of the molecule is COc1ccc(C(=O)C23CC4C[C@@H](CC(Cl)(C4)C2)C3)cc1. The second-order valence-electron chi connectivity index (χ2n) is 7.45. The topological polar surface area (TPSA) is 26.3 Å². The average molecular weight is 305 g/mol. The molecular formula is C18H21ClO2. The standard InChI is InChI=1S/C18H21ClO2/c1-21-15-4-2-14(3-5-15)16(20)17-7-12-6-13(8-17)10-18(19,9-12)11-17/h2-5,12-13H,6-11H2,1H3/t12-,13?,17?,18?/m1/s1. The highest BCUT2D eigenvalue weighted by Gasteiger charge is 2.59. The van der Waals surface area contributed by atoms with Crippen molar-refractivity contribution in [1.82, 2.24) is 0 Å². The van der Waals surface area contributed by atoms with Crippen LogP contribution in [0.4, 0.5) is 0 Å². The summed E-state index contributed by atoms with van der Waals surface area (Å²) in [5, 5.41) is 0. The largest absolute Gasteiger partial charge is 0.497 e. The summed E-state index contributed by atoms with van der Waals surface area (Å²) in [5.41, 5.74) is 0.624. The normalized spacial score (nSPS) is 40.3. The molecule has 4 aliphatic carbocycles. The number of alkyl halides is 1. The monoisotopic (exact) mass is 304 g/mol. The van der Waals surface area contributed by atoms with E-state index in [1.807, 2.05) is 24.3 Å². The molecule has 0 aliphatic heterocycles. The number of hydrogen-bond donors (Lipinski definition) is 0. The molecule has 4 bridgehead atoms. The van der Waals surface area contributed by atoms with E-state index in [9.17, 15) is 4.79 Å². The minimum atomic E-state index is -0.194. The number of methoxy groups -OCH3 is 1. The number of benzene rings is 1. The van der Waals surface area contributed by atoms with Crippen LogP contribution in [0.15, 0.2) is 24.3 Å². The van der Waals surface area contributed by atoms with Crippen molar-refractivity contribution in [2.75, 3.05) is 7.11 Å². The molecule has 1 aromatic rings. The maximum atomic E-state index is 13.1. The molecule has 2 nitrogen and oxygen atoms in total. The minimum absolute atomic E-state index is 0.105. The zero-order valence-corrected chi connectivity index (χ0v) is 13.2. The van der Waals surface area contributed by atoms with Gasteiger partial charge in [-0.15, -0.1) is 11.6 Å². The van der Waals surface area contributed by atoms with E-state index < -0.39 is 0 Å². The lowest BCUT2D eigenvalue weighted by atomic mass is 9.48. The van der Waals surface area contributed by atoms with Gasteiger partial charge in [-0.3, -0.25) is 4.79 Å². The molecule has 0 saturated heterocycles. The number of carbonyl (C=O) groups excluding carboxylic acids is 1. The lowest BCUT2D eigenvalue weighted by Crippen LogP contribution is -2.56. The molecule has 3 unspecified atom stereocenters. The van der Waals surface area contributed by atoms with Gasteiger partial charge >= 0.3 is 0 Å². The second kappa shape index (κ2) is 4.49. The Balaban J connectivity index is 1.67. The van der Waals surface area contributed by atoms with Crippen LogP contribution in [0.5, 0.6) is 5.75 Å². The van der Waals surface area contributed by atoms with Crippen LogP contribution in [0.3, 0.4) is 0 Å². The summed E-state index contributed by atoms with van der Waals surface area (Å²) >= 11 is 6.83. The van der Waals surface area contributed by atoms with Crippen LogP contribution in [0.1, 0.15) is 48.9 Å². The molecule has 4 aliphatic rings. The predicted molar refractivity (Wildman–Crippen MR) is 83.0 cm³/mol. The molecule has 5 rings (SSSR count). The molecule has 4 fully saturated rings. The first kappa shape index (κ1) is 13.6. The number of carbonyl (C=O) groups is 1. The molecule has 1 aromatic carbocycles. The molecule has 112 valence electrons. The highest BCUT2D eigenvalue weighted by molar-refractivity contribution is 6.24. The number of halogens is 1. The molecule has 0 aromatic heterocycles. The predicted octanol–water partition coefficient (Wildman–Crippen LogP) is 4.46. The molecule has 21 heavy (non-hydrogen) atoms. The van der Waals surface area contributed by atoms with Gasteiger partial charge in [-0.05, 0) is 74.6 Å². The number of ketones is 1. The van der Waals surface area contributed by atoms with Crippen molar-refractivity contribution in [1.29, 1.82) is 0 Å². The molecular weight excluding hydrogens is 284 g/mol. The van der Waals surface area contributed by atoms with Crippen molar-refractivity contribution >= 4 is 17.4 Å². The number of hydrogen-bond acceptors (Lipinski definition) is 2. The van der Waals surface area contributed by atoms with Crippen LogP contribution >= 0.6 is 11.6 Å². The van der Waals surface area contributed by atoms with Gasteiger partial charge in [0.1, 0.15) is 5.75 Å². The maximum Gasteiger partial charge on any atom is 0.169 e. The molecule has 0 heterocycles. The zero-order chi connectivity index (χ0) is 14.7. The van der Waals surface area contributed by atoms with Gasteiger partial charge in [0.2, 0.25) is 0 Å². The fourth-order valence-corrected chi connectivity index (χ4v) is 6.16. The lowest BCUT2D eigenvalue weighted by molar-refractivity contribution is -0.0242. The quantitative estimate of drug-likeness (QED) is 0.609. The summed E-state index contributed by atoms with van der Waals surface area (Å²) in [6, 6.07) is 7.57. The third-order valence-corrected chi connectivity index (χ3v) is 6.27. The Kier molecular flexibility index (Phi) is 2.91. The minimum Gasteiger partial charge on any atom is -0.497 e. The number of ether oxygens (including phenoxy) is 1. The summed E-state index contributed by atoms with van der Waals surface area (Å²) in [4.78, 5) is 13.0. The van der Waals surface area contributed by atoms with Gasteiger partial charge in [-0.25, -0.2) is 0 Å². The zero-order valence-electron chi connectivity index (χ0n) is 12.4. The fourth-order valence-electron chi connectivity index (χ4n) is 5.47. The van der Waals surface area contributed by atoms with E-state index in [0.29, 0.717) is 17.6 Å². The van der Waals surface area contributed by atoms with Crippen LogP contribution < -0.4 is 4.74 Å². The molecule has 3 heteroatoms. The molecule has 4 saturated carbocycles. The van der Waals surface area contributed by atoms with Crippen molar-refractivity contribution < 1.29 is 9.53 Å². The van der Waals surface area contributed by atoms with Crippen molar-refractivity contribution in [3.05, 3.63) is 29.8 Å². The van der Waals surface area contributed by atoms with Gasteiger partial charge in [-0.1, -0.05) is 0 Å². The van der Waals surface area contributed by atoms with Gasteiger partial charge in [0, 0.05) is 15.9 Å². The Hall–Kier alpha value is -1.02. The van der Waals surface area contributed by atoms with E-state index in [-0.39, 0.29) is 10.3 Å². The Morgan fingerprint density at radius 1 is 1.14 bits per heavy atom. The summed E-state index contributed by atoms with van der Waals surface area (Å²) in [7, 11) is 1.65. The van der Waals surface area contributed by atoms with Crippen LogP contribution in [0.2, 0.25) is 0 Å². The molecule has 0 radical (unpaired) electrons. The van der Waals surface area contributed by atoms with Crippen molar-refractivity contribution in [3.8, 4) is 5.75 Å². The van der Waals surface area contributed by atoms with E-state index in [2.05, 4.69) is 0 Å². The molecule has 4 atom stereocenters. The van der Waals surface area contributed by atoms with Crippen molar-refractivity contribution in [2.45, 2.75) is 43.4 Å². The van der Waals surface area contributed by atoms with Crippen LogP contribution in [-0.2, 0) is 0 Å². The third kappa shape index (κ3) is 2.11. The van der Waals surface area contributed by atoms with Gasteiger partial charge in [0.25, 0.3) is 0 Å². The van der Waals surface area contributed by atoms with E-state index in [4.69, 9.17) is 16.3 Å². The summed E-state index contributed by atoms with van der Waals surface area (Å²) in [5.74, 6) is 2.42. The molecule has 0 spiro atoms. The Morgan fingerprint density at radius 2 is 1.76 bits per heavy atom. The third-order valence-electron chi connectivity index (χ3n) is 5.82. The van der Waals surface area contributed by atoms with E-state index in [1.54, 1.807) is 7.11 Å². The summed E-state index contributed by atoms with van der Waals surface area (Å²) in [6.07, 6.45) is 6.47. The first-order valence-corrected chi connectivity index (χ1v) is 8.28. The first-order chi connectivity index (χ1) is 10.0. The number of Topliss-reactive ketones (excluding diaryl/α,β-unsaturated/α-hetero) is 1. The Morgan fingerprint density at radius 3 is 2.29 bits per heavy atom. The molecule has 0 N–H and O–H groups in total. The van der Waals surface area contributed by atoms with Crippen molar-refractivity contribution in [2.24, 2.45) is 17.3 Å². The van der Waals surface area contributed by atoms with Gasteiger partial charge in [0.05, 0.1) is 7.11 Å². The smallest absolute Gasteiger partial charge is 0.169 e. The molecule has 0 amide bonds. The average Bonchev–Trinajstić information content (AvgIpc) is 2.44. The van der Waals surface area contributed by atoms with Gasteiger partial charge in [0.15, 0.2) is 5.78 Å². The Labute approximate surface area is 130 Å². The first-order valence-electron chi connectivity index (χ1n) is 7.90. The highest BCUT2D eigenvalue weighted by atomic mass is 35.5. The van der Waals surface area contributed by atoms with E-state index in [0.717, 1.165) is 43.4 Å². The lowest BCUT2D eigenvalue weighted by Gasteiger charge is -2.59. The van der Waals surface area contributed by atoms with Crippen LogP contribution in [0, 0.1) is 17.3 Å². The fraction of sp³-hybridized carbons (Fsp3) is 0.611. The van der Waals surface area contributed by atoms with Crippen LogP contribution in [-0.4, -0.2) is 17.8 Å². The summed E-state index contributed by atoms with van der Waals surface area (Å²) in [6.45, 7) is 0. The number of rotatable bonds is 3. The Bertz CT molecular complexity index is 563. The second-order valence-corrected chi connectivity index (χ2v) is 8.25. The van der Waals surface area contributed by atoms with Crippen LogP contribution in [0.25, 0.3) is 0 Å². The van der Waals surface area contributed by atoms with E-state index in [1.165, 1.54) is 6.42 Å². The van der Waals surface area contributed by atoms with Gasteiger partial charge in [-0.2, -0.15) is 0 Å². The maximum absolute atomic E-state index is 13.1.